The van der Waals surface area contributed by atoms with Crippen LogP contribution in [0.5, 0.6) is 0 Å². The fourth-order valence-corrected chi connectivity index (χ4v) is 1.42. The van der Waals surface area contributed by atoms with Gasteiger partial charge in [-0.25, -0.2) is 9.78 Å². The van der Waals surface area contributed by atoms with E-state index >= 15 is 0 Å². The lowest BCUT2D eigenvalue weighted by molar-refractivity contribution is 0.0690. The van der Waals surface area contributed by atoms with Crippen LogP contribution >= 0.6 is 0 Å². The standard InChI is InChI=1S/C13H14N2O3/c1-3-7-15(8-4-2)12(16)10-5-6-14-11(9-10)13(17)18/h3-6,9H,1-2,7-8H2,(H,17,18). The van der Waals surface area contributed by atoms with Crippen molar-refractivity contribution in [2.75, 3.05) is 13.1 Å². The van der Waals surface area contributed by atoms with Crippen molar-refractivity contribution < 1.29 is 14.7 Å². The fourth-order valence-electron chi connectivity index (χ4n) is 1.42. The molecule has 0 unspecified atom stereocenters. The summed E-state index contributed by atoms with van der Waals surface area (Å²) >= 11 is 0. The molecule has 1 aromatic heterocycles. The topological polar surface area (TPSA) is 70.5 Å². The highest BCUT2D eigenvalue weighted by molar-refractivity contribution is 5.96. The van der Waals surface area contributed by atoms with Gasteiger partial charge in [0.05, 0.1) is 0 Å². The lowest BCUT2D eigenvalue weighted by Crippen LogP contribution is -2.31. The molecule has 0 saturated heterocycles. The first kappa shape index (κ1) is 13.6. The van der Waals surface area contributed by atoms with E-state index < -0.39 is 5.97 Å². The second-order valence-electron chi connectivity index (χ2n) is 3.52. The van der Waals surface area contributed by atoms with Crippen molar-refractivity contribution >= 4 is 11.9 Å². The lowest BCUT2D eigenvalue weighted by Gasteiger charge is -2.19. The minimum Gasteiger partial charge on any atom is -0.477 e. The predicted octanol–water partition coefficient (Wildman–Crippen LogP) is 1.59. The Morgan fingerprint density at radius 3 is 2.44 bits per heavy atom. The molecule has 0 saturated carbocycles. The fraction of sp³-hybridized carbons (Fsp3) is 0.154. The normalized spacial score (nSPS) is 9.56. The minimum atomic E-state index is -1.16. The van der Waals surface area contributed by atoms with Crippen LogP contribution in [0.1, 0.15) is 20.8 Å². The molecule has 0 fully saturated rings. The number of carbonyl (C=O) groups is 2. The molecule has 0 radical (unpaired) electrons. The Morgan fingerprint density at radius 2 is 1.94 bits per heavy atom. The van der Waals surface area contributed by atoms with E-state index in [-0.39, 0.29) is 17.2 Å². The molecule has 5 nitrogen and oxygen atoms in total. The molecule has 5 heteroatoms. The van der Waals surface area contributed by atoms with E-state index in [1.807, 2.05) is 0 Å². The molecular weight excluding hydrogens is 232 g/mol. The first-order valence-corrected chi connectivity index (χ1v) is 5.30. The maximum Gasteiger partial charge on any atom is 0.354 e. The van der Waals surface area contributed by atoms with Gasteiger partial charge >= 0.3 is 5.97 Å². The number of aromatic carboxylic acids is 1. The summed E-state index contributed by atoms with van der Waals surface area (Å²) in [5.74, 6) is -1.44. The van der Waals surface area contributed by atoms with E-state index in [1.54, 1.807) is 12.2 Å². The Kier molecular flexibility index (Phi) is 4.80. The van der Waals surface area contributed by atoms with E-state index in [9.17, 15) is 9.59 Å². The van der Waals surface area contributed by atoms with Gasteiger partial charge < -0.3 is 10.0 Å². The average Bonchev–Trinajstić information content (AvgIpc) is 2.38. The molecule has 0 aromatic carbocycles. The Morgan fingerprint density at radius 1 is 1.33 bits per heavy atom. The van der Waals surface area contributed by atoms with Crippen LogP contribution in [0.3, 0.4) is 0 Å². The van der Waals surface area contributed by atoms with E-state index in [1.165, 1.54) is 23.2 Å². The Labute approximate surface area is 105 Å². The minimum absolute atomic E-state index is 0.155. The van der Waals surface area contributed by atoms with Crippen molar-refractivity contribution in [2.24, 2.45) is 0 Å². The molecule has 0 aliphatic rings. The van der Waals surface area contributed by atoms with Crippen molar-refractivity contribution in [3.05, 3.63) is 54.9 Å². The van der Waals surface area contributed by atoms with Gasteiger partial charge in [0.2, 0.25) is 0 Å². The van der Waals surface area contributed by atoms with Gasteiger partial charge in [-0.05, 0) is 12.1 Å². The number of hydrogen-bond donors (Lipinski definition) is 1. The molecule has 18 heavy (non-hydrogen) atoms. The second-order valence-corrected chi connectivity index (χ2v) is 3.52. The summed E-state index contributed by atoms with van der Waals surface area (Å²) in [5, 5.41) is 8.82. The Balaban J connectivity index is 3.00. The van der Waals surface area contributed by atoms with Gasteiger partial charge in [-0.15, -0.1) is 13.2 Å². The highest BCUT2D eigenvalue weighted by atomic mass is 16.4. The van der Waals surface area contributed by atoms with Crippen LogP contribution in [0.15, 0.2) is 43.6 Å². The number of aromatic nitrogens is 1. The van der Waals surface area contributed by atoms with E-state index in [0.717, 1.165) is 0 Å². The highest BCUT2D eigenvalue weighted by Crippen LogP contribution is 2.07. The molecule has 1 heterocycles. The van der Waals surface area contributed by atoms with Crippen molar-refractivity contribution in [1.82, 2.24) is 9.88 Å². The molecule has 0 spiro atoms. The zero-order chi connectivity index (χ0) is 13.5. The number of rotatable bonds is 6. The number of carboxylic acids is 1. The van der Waals surface area contributed by atoms with Crippen LogP contribution in [-0.4, -0.2) is 40.0 Å². The van der Waals surface area contributed by atoms with Gasteiger partial charge in [0.1, 0.15) is 5.69 Å². The van der Waals surface area contributed by atoms with E-state index in [2.05, 4.69) is 18.1 Å². The Hall–Kier alpha value is -2.43. The number of carboxylic acid groups (broad SMARTS) is 1. The van der Waals surface area contributed by atoms with Crippen LogP contribution in [0.4, 0.5) is 0 Å². The molecule has 94 valence electrons. The Bertz CT molecular complexity index is 473. The molecule has 1 aromatic rings. The second kappa shape index (κ2) is 6.34. The summed E-state index contributed by atoms with van der Waals surface area (Å²) in [6, 6.07) is 2.73. The molecular formula is C13H14N2O3. The first-order chi connectivity index (χ1) is 8.60. The average molecular weight is 246 g/mol. The number of pyridine rings is 1. The highest BCUT2D eigenvalue weighted by Gasteiger charge is 2.15. The SMILES string of the molecule is C=CCN(CC=C)C(=O)c1ccnc(C(=O)O)c1. The van der Waals surface area contributed by atoms with Crippen LogP contribution in [0, 0.1) is 0 Å². The zero-order valence-corrected chi connectivity index (χ0v) is 9.87. The lowest BCUT2D eigenvalue weighted by atomic mass is 10.2. The van der Waals surface area contributed by atoms with E-state index in [4.69, 9.17) is 5.11 Å². The number of amides is 1. The van der Waals surface area contributed by atoms with Crippen LogP contribution < -0.4 is 0 Å². The maximum absolute atomic E-state index is 12.1. The molecule has 0 bridgehead atoms. The molecule has 1 rings (SSSR count). The quantitative estimate of drug-likeness (QED) is 0.774. The monoisotopic (exact) mass is 246 g/mol. The maximum atomic E-state index is 12.1. The number of carbonyl (C=O) groups excluding carboxylic acids is 1. The number of hydrogen-bond acceptors (Lipinski definition) is 3. The molecule has 1 amide bonds. The summed E-state index contributed by atoms with van der Waals surface area (Å²) in [4.78, 5) is 28.0. The van der Waals surface area contributed by atoms with Gasteiger partial charge in [0.25, 0.3) is 5.91 Å². The smallest absolute Gasteiger partial charge is 0.354 e. The van der Waals surface area contributed by atoms with Crippen molar-refractivity contribution in [3.63, 3.8) is 0 Å². The summed E-state index contributed by atoms with van der Waals surface area (Å²) in [7, 11) is 0. The third-order valence-electron chi connectivity index (χ3n) is 2.21. The van der Waals surface area contributed by atoms with Crippen LogP contribution in [0.25, 0.3) is 0 Å². The van der Waals surface area contributed by atoms with Gasteiger partial charge in [0.15, 0.2) is 0 Å². The summed E-state index contributed by atoms with van der Waals surface area (Å²) in [6.07, 6.45) is 4.50. The summed E-state index contributed by atoms with van der Waals surface area (Å²) in [5.41, 5.74) is 0.129. The van der Waals surface area contributed by atoms with Crippen molar-refractivity contribution in [2.45, 2.75) is 0 Å². The molecule has 0 aliphatic carbocycles. The van der Waals surface area contributed by atoms with Gasteiger partial charge in [-0.2, -0.15) is 0 Å². The molecule has 0 aliphatic heterocycles. The first-order valence-electron chi connectivity index (χ1n) is 5.30. The molecule has 1 N–H and O–H groups in total. The van der Waals surface area contributed by atoms with E-state index in [0.29, 0.717) is 13.1 Å². The zero-order valence-electron chi connectivity index (χ0n) is 9.87. The van der Waals surface area contributed by atoms with Gasteiger partial charge in [-0.1, -0.05) is 12.2 Å². The van der Waals surface area contributed by atoms with Crippen molar-refractivity contribution in [3.8, 4) is 0 Å². The van der Waals surface area contributed by atoms with Gasteiger partial charge in [-0.3, -0.25) is 4.79 Å². The van der Waals surface area contributed by atoms with Crippen molar-refractivity contribution in [1.29, 1.82) is 0 Å². The summed E-state index contributed by atoms with van der Waals surface area (Å²) < 4.78 is 0. The molecule has 0 atom stereocenters. The third-order valence-corrected chi connectivity index (χ3v) is 2.21. The van der Waals surface area contributed by atoms with Crippen LogP contribution in [-0.2, 0) is 0 Å². The predicted molar refractivity (Wildman–Crippen MR) is 67.5 cm³/mol. The van der Waals surface area contributed by atoms with Crippen LogP contribution in [0.2, 0.25) is 0 Å². The third kappa shape index (κ3) is 3.28. The largest absolute Gasteiger partial charge is 0.477 e. The summed E-state index contributed by atoms with van der Waals surface area (Å²) in [6.45, 7) is 7.88. The van der Waals surface area contributed by atoms with Gasteiger partial charge in [0, 0.05) is 24.8 Å². The number of nitrogens with zero attached hydrogens (tertiary/aromatic N) is 2.